The number of aromatic nitrogens is 3. The van der Waals surface area contributed by atoms with Gasteiger partial charge in [-0.3, -0.25) is 14.5 Å². The van der Waals surface area contributed by atoms with Gasteiger partial charge in [0.15, 0.2) is 5.82 Å². The second kappa shape index (κ2) is 7.59. The number of benzene rings is 2. The van der Waals surface area contributed by atoms with Gasteiger partial charge in [-0.2, -0.15) is 0 Å². The van der Waals surface area contributed by atoms with Gasteiger partial charge in [0.25, 0.3) is 0 Å². The summed E-state index contributed by atoms with van der Waals surface area (Å²) < 4.78 is 1.38. The van der Waals surface area contributed by atoms with Crippen molar-refractivity contribution in [2.45, 2.75) is 24.3 Å². The molecule has 0 radical (unpaired) electrons. The fourth-order valence-corrected chi connectivity index (χ4v) is 3.95. The van der Waals surface area contributed by atoms with Crippen LogP contribution in [0, 0.1) is 6.92 Å². The molecule has 2 aromatic carbocycles. The lowest BCUT2D eigenvalue weighted by Gasteiger charge is -2.30. The summed E-state index contributed by atoms with van der Waals surface area (Å²) in [5.74, 6) is 6.28. The zero-order valence-corrected chi connectivity index (χ0v) is 16.8. The number of anilines is 2. The molecule has 0 spiro atoms. The van der Waals surface area contributed by atoms with E-state index in [0.29, 0.717) is 22.4 Å². The van der Waals surface area contributed by atoms with Crippen LogP contribution in [-0.4, -0.2) is 38.5 Å². The van der Waals surface area contributed by atoms with Crippen LogP contribution in [0.5, 0.6) is 0 Å². The van der Waals surface area contributed by atoms with Crippen molar-refractivity contribution in [3.05, 3.63) is 54.1 Å². The summed E-state index contributed by atoms with van der Waals surface area (Å²) in [7, 11) is 0. The van der Waals surface area contributed by atoms with Crippen molar-refractivity contribution in [2.75, 3.05) is 22.6 Å². The van der Waals surface area contributed by atoms with Crippen LogP contribution >= 0.6 is 11.8 Å². The Hall–Kier alpha value is -3.33. The van der Waals surface area contributed by atoms with Gasteiger partial charge in [0.05, 0.1) is 16.6 Å². The third-order valence-corrected chi connectivity index (χ3v) is 5.69. The number of aryl methyl sites for hydroxylation is 1. The first-order valence-corrected chi connectivity index (χ1v) is 9.96. The number of nitrogens with zero attached hydrogens (tertiary/aromatic N) is 4. The predicted molar refractivity (Wildman–Crippen MR) is 113 cm³/mol. The highest BCUT2D eigenvalue weighted by Crippen LogP contribution is 2.32. The summed E-state index contributed by atoms with van der Waals surface area (Å²) in [5, 5.41) is 11.0. The van der Waals surface area contributed by atoms with E-state index in [1.54, 1.807) is 13.0 Å². The molecule has 29 heavy (non-hydrogen) atoms. The van der Waals surface area contributed by atoms with Crippen LogP contribution < -0.4 is 16.1 Å². The summed E-state index contributed by atoms with van der Waals surface area (Å²) >= 11 is 1.21. The third kappa shape index (κ3) is 3.68. The average molecular weight is 408 g/mol. The van der Waals surface area contributed by atoms with Crippen LogP contribution in [0.1, 0.15) is 12.5 Å². The minimum absolute atomic E-state index is 0.0231. The lowest BCUT2D eigenvalue weighted by Crippen LogP contribution is -2.45. The van der Waals surface area contributed by atoms with E-state index in [9.17, 15) is 9.59 Å². The van der Waals surface area contributed by atoms with Crippen LogP contribution in [0.3, 0.4) is 0 Å². The molecule has 2 amide bonds. The van der Waals surface area contributed by atoms with Gasteiger partial charge in [0.1, 0.15) is 6.54 Å². The number of nitrogen functional groups attached to an aromatic ring is 1. The minimum atomic E-state index is -0.508. The number of thioether (sulfide) groups is 1. The number of nitrogens with one attached hydrogen (secondary N) is 1. The molecular formula is C20H20N6O2S. The fraction of sp³-hybridized carbons (Fsp3) is 0.200. The van der Waals surface area contributed by atoms with Crippen molar-refractivity contribution in [1.82, 2.24) is 14.9 Å². The molecule has 3 aromatic rings. The van der Waals surface area contributed by atoms with E-state index in [1.807, 2.05) is 49.4 Å². The summed E-state index contributed by atoms with van der Waals surface area (Å²) in [6.07, 6.45) is 0. The van der Waals surface area contributed by atoms with Gasteiger partial charge in [-0.15, -0.1) is 10.2 Å². The Labute approximate surface area is 172 Å². The van der Waals surface area contributed by atoms with E-state index in [0.717, 1.165) is 11.1 Å². The fourth-order valence-electron chi connectivity index (χ4n) is 3.11. The highest BCUT2D eigenvalue weighted by molar-refractivity contribution is 8.00. The molecule has 148 valence electrons. The molecule has 8 nitrogen and oxygen atoms in total. The van der Waals surface area contributed by atoms with Crippen LogP contribution in [0.4, 0.5) is 11.4 Å². The van der Waals surface area contributed by atoms with Crippen LogP contribution in [-0.2, 0) is 9.59 Å². The molecule has 1 aromatic heterocycles. The van der Waals surface area contributed by atoms with E-state index < -0.39 is 5.25 Å². The Bertz CT molecular complexity index is 1080. The number of rotatable bonds is 4. The van der Waals surface area contributed by atoms with Crippen molar-refractivity contribution in [2.24, 2.45) is 0 Å². The zero-order valence-electron chi connectivity index (χ0n) is 16.0. The number of amides is 2. The van der Waals surface area contributed by atoms with Gasteiger partial charge in [0, 0.05) is 5.56 Å². The van der Waals surface area contributed by atoms with Crippen LogP contribution in [0.2, 0.25) is 0 Å². The van der Waals surface area contributed by atoms with E-state index in [2.05, 4.69) is 15.5 Å². The van der Waals surface area contributed by atoms with Crippen LogP contribution in [0.15, 0.2) is 53.7 Å². The largest absolute Gasteiger partial charge is 0.335 e. The maximum atomic E-state index is 13.1. The number of para-hydroxylation sites is 2. The van der Waals surface area contributed by atoms with Gasteiger partial charge in [0.2, 0.25) is 17.0 Å². The Balaban J connectivity index is 1.54. The molecule has 3 N–H and O–H groups in total. The first kappa shape index (κ1) is 19.0. The van der Waals surface area contributed by atoms with Crippen molar-refractivity contribution < 1.29 is 9.59 Å². The van der Waals surface area contributed by atoms with E-state index >= 15 is 0 Å². The molecule has 0 fully saturated rings. The highest BCUT2D eigenvalue weighted by atomic mass is 32.2. The SMILES string of the molecule is Cc1ccc(-c2nnc(S[C@H](C)C(=O)N3CC(=O)Nc4ccccc43)n2N)cc1. The second-order valence-corrected chi connectivity index (χ2v) is 8.10. The number of nitrogens with two attached hydrogens (primary N) is 1. The quantitative estimate of drug-likeness (QED) is 0.507. The zero-order chi connectivity index (χ0) is 20.5. The monoisotopic (exact) mass is 408 g/mol. The summed E-state index contributed by atoms with van der Waals surface area (Å²) in [4.78, 5) is 26.6. The molecule has 0 bridgehead atoms. The van der Waals surface area contributed by atoms with Gasteiger partial charge >= 0.3 is 0 Å². The molecule has 1 aliphatic rings. The summed E-state index contributed by atoms with van der Waals surface area (Å²) in [6.45, 7) is 3.75. The molecule has 4 rings (SSSR count). The standard InChI is InChI=1S/C20H20N6O2S/c1-12-7-9-14(10-8-12)18-23-24-20(26(18)21)29-13(2)19(28)25-11-17(27)22-15-5-3-4-6-16(15)25/h3-10,13H,11,21H2,1-2H3,(H,22,27)/t13-/m1/s1. The normalized spacial score (nSPS) is 14.3. The van der Waals surface area contributed by atoms with Gasteiger partial charge in [-0.05, 0) is 26.0 Å². The van der Waals surface area contributed by atoms with Crippen molar-refractivity contribution in [3.8, 4) is 11.4 Å². The molecular weight excluding hydrogens is 388 g/mol. The maximum absolute atomic E-state index is 13.1. The minimum Gasteiger partial charge on any atom is -0.335 e. The molecule has 0 aliphatic carbocycles. The molecule has 0 saturated heterocycles. The Morgan fingerprint density at radius 3 is 2.66 bits per heavy atom. The summed E-state index contributed by atoms with van der Waals surface area (Å²) in [5.41, 5.74) is 3.28. The predicted octanol–water partition coefficient (Wildman–Crippen LogP) is 2.43. The van der Waals surface area contributed by atoms with E-state index in [1.165, 1.54) is 21.3 Å². The van der Waals surface area contributed by atoms with E-state index in [-0.39, 0.29) is 18.4 Å². The second-order valence-electron chi connectivity index (χ2n) is 6.79. The highest BCUT2D eigenvalue weighted by Gasteiger charge is 2.31. The molecule has 0 unspecified atom stereocenters. The molecule has 1 aliphatic heterocycles. The van der Waals surface area contributed by atoms with Crippen molar-refractivity contribution in [3.63, 3.8) is 0 Å². The molecule has 2 heterocycles. The number of hydrogen-bond donors (Lipinski definition) is 2. The number of carbonyl (C=O) groups excluding carboxylic acids is 2. The Morgan fingerprint density at radius 1 is 1.17 bits per heavy atom. The van der Waals surface area contributed by atoms with Crippen molar-refractivity contribution >= 4 is 35.0 Å². The first-order chi connectivity index (χ1) is 13.9. The number of fused-ring (bicyclic) bond motifs is 1. The lowest BCUT2D eigenvalue weighted by molar-refractivity contribution is -0.121. The molecule has 0 saturated carbocycles. The Kier molecular flexibility index (Phi) is 4.98. The van der Waals surface area contributed by atoms with Crippen LogP contribution in [0.25, 0.3) is 11.4 Å². The maximum Gasteiger partial charge on any atom is 0.244 e. The van der Waals surface area contributed by atoms with E-state index in [4.69, 9.17) is 5.84 Å². The number of carbonyl (C=O) groups is 2. The van der Waals surface area contributed by atoms with Gasteiger partial charge in [-0.25, -0.2) is 4.68 Å². The third-order valence-electron chi connectivity index (χ3n) is 4.64. The number of hydrogen-bond acceptors (Lipinski definition) is 6. The topological polar surface area (TPSA) is 106 Å². The summed E-state index contributed by atoms with van der Waals surface area (Å²) in [6, 6.07) is 15.0. The molecule has 9 heteroatoms. The van der Waals surface area contributed by atoms with Gasteiger partial charge in [-0.1, -0.05) is 53.7 Å². The Morgan fingerprint density at radius 2 is 1.90 bits per heavy atom. The molecule has 1 atom stereocenters. The lowest BCUT2D eigenvalue weighted by atomic mass is 10.1. The first-order valence-electron chi connectivity index (χ1n) is 9.08. The van der Waals surface area contributed by atoms with Crippen molar-refractivity contribution in [1.29, 1.82) is 0 Å². The van der Waals surface area contributed by atoms with Gasteiger partial charge < -0.3 is 11.2 Å². The smallest absolute Gasteiger partial charge is 0.244 e. The average Bonchev–Trinajstić information content (AvgIpc) is 3.07.